The Morgan fingerprint density at radius 2 is 0.861 bits per heavy atom. The molecule has 0 aliphatic heterocycles. The van der Waals surface area contributed by atoms with Crippen molar-refractivity contribution >= 4 is 0 Å². The predicted octanol–water partition coefficient (Wildman–Crippen LogP) is 8.54. The molecule has 4 aromatic carbocycles. The minimum atomic E-state index is -0.212. The molecular weight excluding hydrogens is 440 g/mol. The molecule has 0 aliphatic carbocycles. The van der Waals surface area contributed by atoms with Gasteiger partial charge in [0.2, 0.25) is 0 Å². The van der Waals surface area contributed by atoms with Gasteiger partial charge < -0.3 is 10.2 Å². The molecule has 4 aromatic rings. The highest BCUT2D eigenvalue weighted by atomic mass is 16.3. The first-order valence-corrected chi connectivity index (χ1v) is 12.7. The molecule has 0 atom stereocenters. The summed E-state index contributed by atoms with van der Waals surface area (Å²) in [5.41, 5.74) is 7.71. The van der Waals surface area contributed by atoms with Crippen LogP contribution in [0.4, 0.5) is 0 Å². The van der Waals surface area contributed by atoms with E-state index in [-0.39, 0.29) is 10.8 Å². The van der Waals surface area contributed by atoms with Crippen LogP contribution in [0.5, 0.6) is 11.5 Å². The fourth-order valence-corrected chi connectivity index (χ4v) is 4.77. The Balaban J connectivity index is 1.93. The smallest absolute Gasteiger partial charge is 0.123 e. The number of phenols is 2. The summed E-state index contributed by atoms with van der Waals surface area (Å²) in [6.07, 6.45) is 1.30. The van der Waals surface area contributed by atoms with Crippen molar-refractivity contribution in [1.82, 2.24) is 0 Å². The molecule has 0 bridgehead atoms. The van der Waals surface area contributed by atoms with Gasteiger partial charge in [-0.25, -0.2) is 0 Å². The van der Waals surface area contributed by atoms with E-state index in [0.29, 0.717) is 24.3 Å². The summed E-state index contributed by atoms with van der Waals surface area (Å²) in [6.45, 7) is 12.8. The molecule has 0 amide bonds. The van der Waals surface area contributed by atoms with Crippen LogP contribution >= 0.6 is 0 Å². The van der Waals surface area contributed by atoms with Crippen LogP contribution in [0.3, 0.4) is 0 Å². The van der Waals surface area contributed by atoms with Crippen molar-refractivity contribution in [3.05, 3.63) is 118 Å². The largest absolute Gasteiger partial charge is 0.507 e. The van der Waals surface area contributed by atoms with Gasteiger partial charge in [0, 0.05) is 24.0 Å². The lowest BCUT2D eigenvalue weighted by molar-refractivity contribution is 0.423. The van der Waals surface area contributed by atoms with Gasteiger partial charge in [0.15, 0.2) is 0 Å². The fraction of sp³-hybridized carbons (Fsp3) is 0.294. The van der Waals surface area contributed by atoms with Crippen LogP contribution in [-0.2, 0) is 23.7 Å². The predicted molar refractivity (Wildman–Crippen MR) is 151 cm³/mol. The van der Waals surface area contributed by atoms with Crippen molar-refractivity contribution in [3.8, 4) is 22.6 Å². The van der Waals surface area contributed by atoms with E-state index in [9.17, 15) is 10.2 Å². The summed E-state index contributed by atoms with van der Waals surface area (Å²) in [4.78, 5) is 0. The van der Waals surface area contributed by atoms with E-state index in [4.69, 9.17) is 0 Å². The quantitative estimate of drug-likeness (QED) is 0.302. The fourth-order valence-electron chi connectivity index (χ4n) is 4.77. The highest BCUT2D eigenvalue weighted by Crippen LogP contribution is 2.43. The normalized spacial score (nSPS) is 12.1. The van der Waals surface area contributed by atoms with Gasteiger partial charge in [0.05, 0.1) is 0 Å². The zero-order valence-corrected chi connectivity index (χ0v) is 22.4. The van der Waals surface area contributed by atoms with E-state index < -0.39 is 0 Å². The molecule has 36 heavy (non-hydrogen) atoms. The molecule has 0 saturated carbocycles. The number of rotatable bonds is 5. The van der Waals surface area contributed by atoms with Gasteiger partial charge in [-0.15, -0.1) is 0 Å². The number of benzene rings is 4. The highest BCUT2D eigenvalue weighted by molar-refractivity contribution is 5.72. The number of hydrogen-bond acceptors (Lipinski definition) is 2. The topological polar surface area (TPSA) is 40.5 Å². The summed E-state index contributed by atoms with van der Waals surface area (Å²) < 4.78 is 0. The standard InChI is InChI=1S/C34H38O2/c1-33(2,3)29-21-26(22-30(32(29)36)34(4,5)6)25-19-27(17-23-13-9-7-10-14-23)31(35)28(20-25)18-24-15-11-8-12-16-24/h7-16,19-22,35-36H,17-18H2,1-6H3. The van der Waals surface area contributed by atoms with Gasteiger partial charge in [-0.2, -0.15) is 0 Å². The van der Waals surface area contributed by atoms with Crippen molar-refractivity contribution in [2.45, 2.75) is 65.2 Å². The average molecular weight is 479 g/mol. The van der Waals surface area contributed by atoms with Crippen LogP contribution in [0.1, 0.15) is 74.9 Å². The second-order valence-corrected chi connectivity index (χ2v) is 11.9. The Labute approximate surface area is 216 Å². The molecule has 0 aromatic heterocycles. The van der Waals surface area contributed by atoms with Crippen molar-refractivity contribution in [2.75, 3.05) is 0 Å². The summed E-state index contributed by atoms with van der Waals surface area (Å²) in [6, 6.07) is 29.0. The summed E-state index contributed by atoms with van der Waals surface area (Å²) >= 11 is 0. The molecule has 186 valence electrons. The molecule has 0 aliphatic rings. The van der Waals surface area contributed by atoms with E-state index in [2.05, 4.69) is 90.1 Å². The van der Waals surface area contributed by atoms with Crippen LogP contribution in [0, 0.1) is 0 Å². The first-order valence-electron chi connectivity index (χ1n) is 12.7. The molecule has 0 spiro atoms. The zero-order chi connectivity index (χ0) is 26.1. The molecule has 0 unspecified atom stereocenters. The Kier molecular flexibility index (Phi) is 7.00. The minimum Gasteiger partial charge on any atom is -0.507 e. The molecule has 2 heteroatoms. The Morgan fingerprint density at radius 3 is 1.22 bits per heavy atom. The van der Waals surface area contributed by atoms with Crippen molar-refractivity contribution < 1.29 is 10.2 Å². The van der Waals surface area contributed by atoms with E-state index in [0.717, 1.165) is 44.5 Å². The zero-order valence-electron chi connectivity index (χ0n) is 22.4. The SMILES string of the molecule is CC(C)(C)c1cc(-c2cc(Cc3ccccc3)c(O)c(Cc3ccccc3)c2)cc(C(C)(C)C)c1O. The lowest BCUT2D eigenvalue weighted by Gasteiger charge is -2.28. The van der Waals surface area contributed by atoms with E-state index in [1.54, 1.807) is 0 Å². The third-order valence-electron chi connectivity index (χ3n) is 6.80. The van der Waals surface area contributed by atoms with Crippen molar-refractivity contribution in [1.29, 1.82) is 0 Å². The van der Waals surface area contributed by atoms with Gasteiger partial charge in [0.25, 0.3) is 0 Å². The molecular formula is C34H38O2. The third kappa shape index (κ3) is 5.65. The maximum absolute atomic E-state index is 11.4. The van der Waals surface area contributed by atoms with Crippen LogP contribution < -0.4 is 0 Å². The van der Waals surface area contributed by atoms with E-state index in [1.807, 2.05) is 36.4 Å². The maximum Gasteiger partial charge on any atom is 0.123 e. The van der Waals surface area contributed by atoms with Gasteiger partial charge in [-0.1, -0.05) is 102 Å². The second kappa shape index (κ2) is 9.85. The number of aromatic hydroxyl groups is 2. The Morgan fingerprint density at radius 1 is 0.500 bits per heavy atom. The highest BCUT2D eigenvalue weighted by Gasteiger charge is 2.27. The summed E-state index contributed by atoms with van der Waals surface area (Å²) in [7, 11) is 0. The average Bonchev–Trinajstić information content (AvgIpc) is 2.81. The third-order valence-corrected chi connectivity index (χ3v) is 6.80. The Bertz CT molecular complexity index is 1240. The monoisotopic (exact) mass is 478 g/mol. The molecule has 0 saturated heterocycles. The molecule has 0 fully saturated rings. The summed E-state index contributed by atoms with van der Waals surface area (Å²) in [5, 5.41) is 22.6. The van der Waals surface area contributed by atoms with Crippen molar-refractivity contribution in [3.63, 3.8) is 0 Å². The van der Waals surface area contributed by atoms with Gasteiger partial charge >= 0.3 is 0 Å². The molecule has 4 rings (SSSR count). The summed E-state index contributed by atoms with van der Waals surface area (Å²) in [5.74, 6) is 0.740. The first kappa shape index (κ1) is 25.6. The van der Waals surface area contributed by atoms with Crippen LogP contribution in [0.2, 0.25) is 0 Å². The molecule has 0 heterocycles. The van der Waals surface area contributed by atoms with Gasteiger partial charge in [-0.05, 0) is 68.5 Å². The lowest BCUT2D eigenvalue weighted by Crippen LogP contribution is -2.17. The van der Waals surface area contributed by atoms with Crippen LogP contribution in [-0.4, -0.2) is 10.2 Å². The van der Waals surface area contributed by atoms with Gasteiger partial charge in [0.1, 0.15) is 11.5 Å². The first-order chi connectivity index (χ1) is 16.9. The van der Waals surface area contributed by atoms with Crippen LogP contribution in [0.15, 0.2) is 84.9 Å². The van der Waals surface area contributed by atoms with Crippen molar-refractivity contribution in [2.24, 2.45) is 0 Å². The number of hydrogen-bond donors (Lipinski definition) is 2. The maximum atomic E-state index is 11.4. The van der Waals surface area contributed by atoms with E-state index >= 15 is 0 Å². The molecule has 0 radical (unpaired) electrons. The molecule has 2 nitrogen and oxygen atoms in total. The lowest BCUT2D eigenvalue weighted by atomic mass is 9.77. The second-order valence-electron chi connectivity index (χ2n) is 11.9. The minimum absolute atomic E-state index is 0.212. The van der Waals surface area contributed by atoms with E-state index in [1.165, 1.54) is 0 Å². The Hall–Kier alpha value is -3.52. The molecule has 2 N–H and O–H groups in total. The van der Waals surface area contributed by atoms with Gasteiger partial charge in [-0.3, -0.25) is 0 Å². The van der Waals surface area contributed by atoms with Crippen LogP contribution in [0.25, 0.3) is 11.1 Å². The number of phenolic OH excluding ortho intramolecular Hbond substituents is 2.